The zero-order chi connectivity index (χ0) is 14.2. The summed E-state index contributed by atoms with van der Waals surface area (Å²) >= 11 is 0. The molecule has 19 heavy (non-hydrogen) atoms. The molecule has 0 bridgehead atoms. The lowest BCUT2D eigenvalue weighted by molar-refractivity contribution is -0.140. The number of rotatable bonds is 3. The van der Waals surface area contributed by atoms with Crippen molar-refractivity contribution < 1.29 is 14.7 Å². The van der Waals surface area contributed by atoms with Gasteiger partial charge in [-0.2, -0.15) is 5.26 Å². The first-order valence-electron chi connectivity index (χ1n) is 5.91. The van der Waals surface area contributed by atoms with Crippen LogP contribution in [0.5, 0.6) is 0 Å². The van der Waals surface area contributed by atoms with E-state index in [4.69, 9.17) is 10.4 Å². The Balaban J connectivity index is 2.11. The predicted octanol–water partition coefficient (Wildman–Crippen LogP) is 1.85. The fourth-order valence-electron chi connectivity index (χ4n) is 2.47. The van der Waals surface area contributed by atoms with E-state index in [9.17, 15) is 9.59 Å². The van der Waals surface area contributed by atoms with Crippen LogP contribution in [0.15, 0.2) is 24.3 Å². The Bertz CT molecular complexity index is 587. The molecule has 98 valence electrons. The second kappa shape index (κ2) is 4.39. The average Bonchev–Trinajstić information content (AvgIpc) is 2.93. The number of nitrogens with zero attached hydrogens (tertiary/aromatic N) is 1. The number of hydrogen-bond donors (Lipinski definition) is 2. The van der Waals surface area contributed by atoms with Crippen molar-refractivity contribution >= 4 is 17.6 Å². The van der Waals surface area contributed by atoms with E-state index in [1.54, 1.807) is 38.1 Å². The highest BCUT2D eigenvalue weighted by Crippen LogP contribution is 2.58. The highest BCUT2D eigenvalue weighted by Gasteiger charge is 2.65. The minimum absolute atomic E-state index is 0.313. The molecule has 2 atom stereocenters. The van der Waals surface area contributed by atoms with Crippen LogP contribution in [-0.2, 0) is 9.59 Å². The van der Waals surface area contributed by atoms with Gasteiger partial charge in [0.15, 0.2) is 0 Å². The van der Waals surface area contributed by atoms with E-state index in [0.29, 0.717) is 11.3 Å². The number of nitriles is 1. The Morgan fingerprint density at radius 2 is 2.05 bits per heavy atom. The van der Waals surface area contributed by atoms with E-state index in [2.05, 4.69) is 5.32 Å². The molecule has 5 nitrogen and oxygen atoms in total. The van der Waals surface area contributed by atoms with E-state index in [0.717, 1.165) is 0 Å². The zero-order valence-corrected chi connectivity index (χ0v) is 10.7. The average molecular weight is 258 g/mol. The Kier molecular flexibility index (Phi) is 3.03. The number of carbonyl (C=O) groups excluding carboxylic acids is 1. The molecule has 2 rings (SSSR count). The maximum atomic E-state index is 12.0. The number of carbonyl (C=O) groups is 2. The molecule has 0 saturated heterocycles. The van der Waals surface area contributed by atoms with Crippen molar-refractivity contribution in [1.82, 2.24) is 0 Å². The van der Waals surface area contributed by atoms with Crippen LogP contribution in [-0.4, -0.2) is 17.0 Å². The van der Waals surface area contributed by atoms with Gasteiger partial charge in [-0.15, -0.1) is 0 Å². The van der Waals surface area contributed by atoms with Crippen LogP contribution in [0.4, 0.5) is 5.69 Å². The van der Waals surface area contributed by atoms with Crippen molar-refractivity contribution in [2.45, 2.75) is 13.8 Å². The van der Waals surface area contributed by atoms with Gasteiger partial charge in [0.2, 0.25) is 5.91 Å². The van der Waals surface area contributed by atoms with Crippen LogP contribution in [0.1, 0.15) is 19.4 Å². The molecule has 1 aliphatic rings. The lowest BCUT2D eigenvalue weighted by Crippen LogP contribution is -2.17. The van der Waals surface area contributed by atoms with Crippen molar-refractivity contribution in [3.63, 3.8) is 0 Å². The lowest BCUT2D eigenvalue weighted by atomic mass is 10.1. The number of aliphatic carboxylic acids is 1. The van der Waals surface area contributed by atoms with Crippen molar-refractivity contribution in [3.8, 4) is 6.07 Å². The molecule has 1 fully saturated rings. The highest BCUT2D eigenvalue weighted by atomic mass is 16.4. The van der Waals surface area contributed by atoms with E-state index in [1.807, 2.05) is 6.07 Å². The van der Waals surface area contributed by atoms with Crippen molar-refractivity contribution in [2.24, 2.45) is 17.3 Å². The maximum Gasteiger partial charge on any atom is 0.307 e. The maximum absolute atomic E-state index is 12.0. The van der Waals surface area contributed by atoms with Crippen LogP contribution >= 0.6 is 0 Å². The Labute approximate surface area is 110 Å². The third-order valence-electron chi connectivity index (χ3n) is 3.64. The van der Waals surface area contributed by atoms with Gasteiger partial charge in [0.1, 0.15) is 0 Å². The largest absolute Gasteiger partial charge is 0.481 e. The summed E-state index contributed by atoms with van der Waals surface area (Å²) in [6.07, 6.45) is 0. The molecule has 0 aromatic heterocycles. The summed E-state index contributed by atoms with van der Waals surface area (Å²) in [5.41, 5.74) is 0.432. The molecule has 2 N–H and O–H groups in total. The molecule has 1 aliphatic carbocycles. The van der Waals surface area contributed by atoms with Crippen LogP contribution < -0.4 is 5.32 Å². The summed E-state index contributed by atoms with van der Waals surface area (Å²) in [5, 5.41) is 20.5. The molecule has 5 heteroatoms. The van der Waals surface area contributed by atoms with Gasteiger partial charge in [0.25, 0.3) is 0 Å². The second-order valence-electron chi connectivity index (χ2n) is 5.30. The topological polar surface area (TPSA) is 90.2 Å². The third-order valence-corrected chi connectivity index (χ3v) is 3.64. The van der Waals surface area contributed by atoms with Crippen LogP contribution in [0, 0.1) is 28.6 Å². The van der Waals surface area contributed by atoms with Crippen LogP contribution in [0.3, 0.4) is 0 Å². The van der Waals surface area contributed by atoms with Gasteiger partial charge >= 0.3 is 5.97 Å². The molecule has 0 unspecified atom stereocenters. The number of carboxylic acid groups (broad SMARTS) is 1. The van der Waals surface area contributed by atoms with Gasteiger partial charge in [-0.25, -0.2) is 0 Å². The first-order valence-corrected chi connectivity index (χ1v) is 5.91. The molecule has 1 aromatic carbocycles. The number of benzene rings is 1. The van der Waals surface area contributed by atoms with E-state index >= 15 is 0 Å². The molecule has 1 saturated carbocycles. The molecule has 0 spiro atoms. The molecular formula is C14H14N2O3. The van der Waals surface area contributed by atoms with Crippen LogP contribution in [0.2, 0.25) is 0 Å². The first-order chi connectivity index (χ1) is 8.87. The molecular weight excluding hydrogens is 244 g/mol. The predicted molar refractivity (Wildman–Crippen MR) is 68.2 cm³/mol. The number of amides is 1. The van der Waals surface area contributed by atoms with Gasteiger partial charge in [0, 0.05) is 5.69 Å². The van der Waals surface area contributed by atoms with E-state index in [-0.39, 0.29) is 5.91 Å². The molecule has 0 aliphatic heterocycles. The minimum atomic E-state index is -0.948. The van der Waals surface area contributed by atoms with Gasteiger partial charge in [0.05, 0.1) is 23.5 Å². The summed E-state index contributed by atoms with van der Waals surface area (Å²) in [5.74, 6) is -2.44. The molecule has 0 heterocycles. The molecule has 0 radical (unpaired) electrons. The van der Waals surface area contributed by atoms with Gasteiger partial charge in [-0.3, -0.25) is 9.59 Å². The van der Waals surface area contributed by atoms with Crippen molar-refractivity contribution in [2.75, 3.05) is 5.32 Å². The van der Waals surface area contributed by atoms with Gasteiger partial charge in [-0.1, -0.05) is 19.9 Å². The summed E-state index contributed by atoms with van der Waals surface area (Å²) < 4.78 is 0. The SMILES string of the molecule is CC1(C)[C@H](C(=O)O)[C@@H]1C(=O)Nc1cccc(C#N)c1. The first kappa shape index (κ1) is 13.1. The zero-order valence-electron chi connectivity index (χ0n) is 10.7. The van der Waals surface area contributed by atoms with Gasteiger partial charge in [-0.05, 0) is 23.6 Å². The van der Waals surface area contributed by atoms with Crippen LogP contribution in [0.25, 0.3) is 0 Å². The number of nitrogens with one attached hydrogen (secondary N) is 1. The number of carboxylic acids is 1. The summed E-state index contributed by atoms with van der Waals surface area (Å²) in [4.78, 5) is 23.1. The fraction of sp³-hybridized carbons (Fsp3) is 0.357. The smallest absolute Gasteiger partial charge is 0.307 e. The summed E-state index contributed by atoms with van der Waals surface area (Å²) in [7, 11) is 0. The quantitative estimate of drug-likeness (QED) is 0.865. The normalized spacial score (nSPS) is 23.2. The Morgan fingerprint density at radius 1 is 1.37 bits per heavy atom. The van der Waals surface area contributed by atoms with E-state index < -0.39 is 23.2 Å². The summed E-state index contributed by atoms with van der Waals surface area (Å²) in [6.45, 7) is 3.53. The lowest BCUT2D eigenvalue weighted by Gasteiger charge is -2.06. The third kappa shape index (κ3) is 2.29. The van der Waals surface area contributed by atoms with Gasteiger partial charge < -0.3 is 10.4 Å². The van der Waals surface area contributed by atoms with E-state index in [1.165, 1.54) is 0 Å². The van der Waals surface area contributed by atoms with Crippen molar-refractivity contribution in [3.05, 3.63) is 29.8 Å². The van der Waals surface area contributed by atoms with Crippen molar-refractivity contribution in [1.29, 1.82) is 5.26 Å². The minimum Gasteiger partial charge on any atom is -0.481 e. The Hall–Kier alpha value is -2.35. The number of anilines is 1. The second-order valence-corrected chi connectivity index (χ2v) is 5.30. The molecule has 1 amide bonds. The Morgan fingerprint density at radius 3 is 2.58 bits per heavy atom. The highest BCUT2D eigenvalue weighted by molar-refractivity contribution is 5.99. The fourth-order valence-corrected chi connectivity index (χ4v) is 2.47. The monoisotopic (exact) mass is 258 g/mol. The summed E-state index contributed by atoms with van der Waals surface area (Å²) in [6, 6.07) is 8.52. The standard InChI is InChI=1S/C14H14N2O3/c1-14(2)10(11(14)13(18)19)12(17)16-9-5-3-4-8(6-9)7-15/h3-6,10-11H,1-2H3,(H,16,17)(H,18,19)/t10-,11+/m1/s1. The number of hydrogen-bond acceptors (Lipinski definition) is 3. The molecule has 1 aromatic rings.